The lowest BCUT2D eigenvalue weighted by Gasteiger charge is -2.15. The van der Waals surface area contributed by atoms with Crippen molar-refractivity contribution in [1.29, 1.82) is 0 Å². The minimum atomic E-state index is 0.100. The summed E-state index contributed by atoms with van der Waals surface area (Å²) in [4.78, 5) is 4.72. The predicted molar refractivity (Wildman–Crippen MR) is 85.2 cm³/mol. The molecule has 20 heavy (non-hydrogen) atoms. The van der Waals surface area contributed by atoms with E-state index in [4.69, 9.17) is 4.98 Å². The van der Waals surface area contributed by atoms with Gasteiger partial charge in [-0.3, -0.25) is 0 Å². The van der Waals surface area contributed by atoms with E-state index in [9.17, 15) is 5.11 Å². The van der Waals surface area contributed by atoms with Gasteiger partial charge in [0.15, 0.2) is 0 Å². The molecule has 1 aromatic heterocycles. The summed E-state index contributed by atoms with van der Waals surface area (Å²) in [5.41, 5.74) is 2.52. The normalized spacial score (nSPS) is 13.4. The number of aliphatic hydroxyl groups excluding tert-OH is 1. The van der Waals surface area contributed by atoms with Crippen molar-refractivity contribution in [3.8, 4) is 0 Å². The van der Waals surface area contributed by atoms with Crippen LogP contribution in [0.5, 0.6) is 0 Å². The Morgan fingerprint density at radius 2 is 1.85 bits per heavy atom. The molecule has 1 unspecified atom stereocenters. The van der Waals surface area contributed by atoms with E-state index in [0.717, 1.165) is 23.5 Å². The lowest BCUT2D eigenvalue weighted by molar-refractivity contribution is 0.225. The van der Waals surface area contributed by atoms with E-state index in [-0.39, 0.29) is 17.9 Å². The Hall–Kier alpha value is -1.19. The molecule has 0 fully saturated rings. The van der Waals surface area contributed by atoms with Gasteiger partial charge in [0, 0.05) is 23.8 Å². The molecule has 0 radical (unpaired) electrons. The fourth-order valence-electron chi connectivity index (χ4n) is 2.14. The van der Waals surface area contributed by atoms with Gasteiger partial charge >= 0.3 is 0 Å². The van der Waals surface area contributed by atoms with Gasteiger partial charge in [-0.05, 0) is 17.9 Å². The number of hydrogen-bond donors (Lipinski definition) is 1. The Balaban J connectivity index is 2.01. The summed E-state index contributed by atoms with van der Waals surface area (Å²) in [6.45, 7) is 6.75. The van der Waals surface area contributed by atoms with Gasteiger partial charge in [0.1, 0.15) is 0 Å². The van der Waals surface area contributed by atoms with Crippen molar-refractivity contribution in [2.24, 2.45) is 5.92 Å². The SMILES string of the molecule is CC(C)(C)c1csc(CC(CO)Cc2ccccc2)n1. The Kier molecular flexibility index (Phi) is 4.95. The van der Waals surface area contributed by atoms with Gasteiger partial charge in [-0.25, -0.2) is 4.98 Å². The average molecular weight is 289 g/mol. The van der Waals surface area contributed by atoms with Crippen molar-refractivity contribution in [1.82, 2.24) is 4.98 Å². The predicted octanol–water partition coefficient (Wildman–Crippen LogP) is 3.83. The van der Waals surface area contributed by atoms with E-state index in [0.29, 0.717) is 0 Å². The molecule has 2 rings (SSSR count). The largest absolute Gasteiger partial charge is 0.396 e. The third kappa shape index (κ3) is 4.15. The van der Waals surface area contributed by atoms with Gasteiger partial charge in [0.05, 0.1) is 10.7 Å². The smallest absolute Gasteiger partial charge is 0.0932 e. The van der Waals surface area contributed by atoms with E-state index in [1.165, 1.54) is 5.56 Å². The zero-order valence-corrected chi connectivity index (χ0v) is 13.3. The second kappa shape index (κ2) is 6.51. The molecule has 1 heterocycles. The maximum absolute atomic E-state index is 9.59. The molecule has 2 nitrogen and oxygen atoms in total. The maximum Gasteiger partial charge on any atom is 0.0932 e. The van der Waals surface area contributed by atoms with Crippen LogP contribution in [0.2, 0.25) is 0 Å². The highest BCUT2D eigenvalue weighted by atomic mass is 32.1. The van der Waals surface area contributed by atoms with Crippen molar-refractivity contribution >= 4 is 11.3 Å². The minimum Gasteiger partial charge on any atom is -0.396 e. The summed E-state index contributed by atoms with van der Waals surface area (Å²) in [6, 6.07) is 10.3. The van der Waals surface area contributed by atoms with E-state index in [1.54, 1.807) is 11.3 Å². The second-order valence-electron chi connectivity index (χ2n) is 6.32. The molecule has 1 N–H and O–H groups in total. The van der Waals surface area contributed by atoms with Crippen molar-refractivity contribution in [2.75, 3.05) is 6.61 Å². The molecule has 0 aliphatic heterocycles. The standard InChI is InChI=1S/C17H23NOS/c1-17(2,3)15-12-20-16(18-15)10-14(11-19)9-13-7-5-4-6-8-13/h4-8,12,14,19H,9-11H2,1-3H3. The van der Waals surface area contributed by atoms with Crippen LogP contribution in [0, 0.1) is 5.92 Å². The zero-order chi connectivity index (χ0) is 14.6. The minimum absolute atomic E-state index is 0.100. The van der Waals surface area contributed by atoms with Crippen LogP contribution in [0.1, 0.15) is 37.0 Å². The quantitative estimate of drug-likeness (QED) is 0.907. The van der Waals surface area contributed by atoms with Gasteiger partial charge in [0.25, 0.3) is 0 Å². The van der Waals surface area contributed by atoms with Gasteiger partial charge in [-0.1, -0.05) is 51.1 Å². The maximum atomic E-state index is 9.59. The summed E-state index contributed by atoms with van der Waals surface area (Å²) in [6.07, 6.45) is 1.76. The van der Waals surface area contributed by atoms with Crippen molar-refractivity contribution in [2.45, 2.75) is 39.0 Å². The summed E-state index contributed by atoms with van der Waals surface area (Å²) >= 11 is 1.71. The molecular formula is C17H23NOS. The van der Waals surface area contributed by atoms with Gasteiger partial charge in [-0.2, -0.15) is 0 Å². The van der Waals surface area contributed by atoms with Crippen LogP contribution in [-0.2, 0) is 18.3 Å². The third-order valence-corrected chi connectivity index (χ3v) is 4.28. The molecule has 0 spiro atoms. The number of thiazole rings is 1. The van der Waals surface area contributed by atoms with Crippen LogP contribution >= 0.6 is 11.3 Å². The van der Waals surface area contributed by atoms with Crippen LogP contribution < -0.4 is 0 Å². The zero-order valence-electron chi connectivity index (χ0n) is 12.5. The summed E-state index contributed by atoms with van der Waals surface area (Å²) in [5, 5.41) is 12.9. The number of nitrogens with zero attached hydrogens (tertiary/aromatic N) is 1. The molecule has 0 bridgehead atoms. The highest BCUT2D eigenvalue weighted by molar-refractivity contribution is 7.09. The Morgan fingerprint density at radius 1 is 1.15 bits per heavy atom. The molecule has 2 aromatic rings. The van der Waals surface area contributed by atoms with Crippen LogP contribution in [0.3, 0.4) is 0 Å². The first kappa shape index (κ1) is 15.2. The fourth-order valence-corrected chi connectivity index (χ4v) is 3.28. The lowest BCUT2D eigenvalue weighted by Crippen LogP contribution is -2.14. The first-order chi connectivity index (χ1) is 9.49. The van der Waals surface area contributed by atoms with Crippen LogP contribution in [0.25, 0.3) is 0 Å². The molecule has 1 aromatic carbocycles. The van der Waals surface area contributed by atoms with Crippen LogP contribution in [-0.4, -0.2) is 16.7 Å². The molecule has 3 heteroatoms. The fraction of sp³-hybridized carbons (Fsp3) is 0.471. The Morgan fingerprint density at radius 3 is 2.40 bits per heavy atom. The molecule has 0 saturated carbocycles. The number of hydrogen-bond acceptors (Lipinski definition) is 3. The molecular weight excluding hydrogens is 266 g/mol. The van der Waals surface area contributed by atoms with E-state index < -0.39 is 0 Å². The highest BCUT2D eigenvalue weighted by Gasteiger charge is 2.19. The average Bonchev–Trinajstić information content (AvgIpc) is 2.87. The van der Waals surface area contributed by atoms with E-state index >= 15 is 0 Å². The summed E-state index contributed by atoms with van der Waals surface area (Å²) in [7, 11) is 0. The topological polar surface area (TPSA) is 33.1 Å². The second-order valence-corrected chi connectivity index (χ2v) is 7.26. The molecule has 108 valence electrons. The first-order valence-electron chi connectivity index (χ1n) is 7.08. The van der Waals surface area contributed by atoms with Gasteiger partial charge < -0.3 is 5.11 Å². The number of aliphatic hydroxyl groups is 1. The van der Waals surface area contributed by atoms with Gasteiger partial charge in [0.2, 0.25) is 0 Å². The molecule has 0 aliphatic carbocycles. The monoisotopic (exact) mass is 289 g/mol. The molecule has 0 amide bonds. The number of benzene rings is 1. The molecule has 0 aliphatic rings. The summed E-state index contributed by atoms with van der Waals surface area (Å²) in [5.74, 6) is 0.247. The lowest BCUT2D eigenvalue weighted by atomic mass is 9.93. The molecule has 0 saturated heterocycles. The first-order valence-corrected chi connectivity index (χ1v) is 7.96. The summed E-state index contributed by atoms with van der Waals surface area (Å²) < 4.78 is 0. The number of aromatic nitrogens is 1. The van der Waals surface area contributed by atoms with E-state index in [2.05, 4.69) is 38.3 Å². The molecule has 1 atom stereocenters. The van der Waals surface area contributed by atoms with Gasteiger partial charge in [-0.15, -0.1) is 11.3 Å². The Bertz CT molecular complexity index is 527. The third-order valence-electron chi connectivity index (χ3n) is 3.41. The van der Waals surface area contributed by atoms with Crippen molar-refractivity contribution in [3.05, 3.63) is 52.0 Å². The highest BCUT2D eigenvalue weighted by Crippen LogP contribution is 2.25. The van der Waals surface area contributed by atoms with E-state index in [1.807, 2.05) is 18.2 Å². The van der Waals surface area contributed by atoms with Crippen LogP contribution in [0.15, 0.2) is 35.7 Å². The van der Waals surface area contributed by atoms with Crippen LogP contribution in [0.4, 0.5) is 0 Å². The van der Waals surface area contributed by atoms with Crippen molar-refractivity contribution < 1.29 is 5.11 Å². The van der Waals surface area contributed by atoms with Crippen molar-refractivity contribution in [3.63, 3.8) is 0 Å². The number of rotatable bonds is 5. The Labute approximate surface area is 125 Å².